The van der Waals surface area contributed by atoms with Gasteiger partial charge in [0.2, 0.25) is 0 Å². The number of nitrogens with one attached hydrogen (secondary N) is 1. The van der Waals surface area contributed by atoms with Crippen LogP contribution >= 0.6 is 15.9 Å². The van der Waals surface area contributed by atoms with Crippen molar-refractivity contribution < 1.29 is 0 Å². The Kier molecular flexibility index (Phi) is 3.04. The van der Waals surface area contributed by atoms with Gasteiger partial charge in [-0.1, -0.05) is 35.2 Å². The van der Waals surface area contributed by atoms with Crippen molar-refractivity contribution >= 4 is 15.9 Å². The first-order chi connectivity index (χ1) is 6.34. The molecule has 0 spiro atoms. The molecule has 13 heavy (non-hydrogen) atoms. The molecular formula is C10H15BrN2. The largest absolute Gasteiger partial charge is 0.349 e. The maximum absolute atomic E-state index is 4.22. The first-order valence-electron chi connectivity index (χ1n) is 4.97. The second-order valence-corrected chi connectivity index (χ2v) is 5.16. The Balaban J connectivity index is 1.74. The van der Waals surface area contributed by atoms with Gasteiger partial charge in [-0.05, 0) is 12.3 Å². The molecule has 1 aliphatic rings. The molecule has 1 atom stereocenters. The van der Waals surface area contributed by atoms with Crippen molar-refractivity contribution in [2.45, 2.75) is 36.9 Å². The standard InChI is InChI=1S/C10H15BrN2/c11-9(6-8-2-1-3-8)7-10-12-4-5-13-10/h4-5,8-9H,1-3,6-7H2,(H,12,13). The van der Waals surface area contributed by atoms with E-state index in [1.807, 2.05) is 12.4 Å². The molecule has 0 aliphatic heterocycles. The van der Waals surface area contributed by atoms with Gasteiger partial charge in [0, 0.05) is 23.6 Å². The average molecular weight is 243 g/mol. The monoisotopic (exact) mass is 242 g/mol. The predicted octanol–water partition coefficient (Wildman–Crippen LogP) is 2.91. The quantitative estimate of drug-likeness (QED) is 0.809. The molecule has 1 saturated carbocycles. The minimum Gasteiger partial charge on any atom is -0.349 e. The lowest BCUT2D eigenvalue weighted by molar-refractivity contribution is 0.294. The summed E-state index contributed by atoms with van der Waals surface area (Å²) in [4.78, 5) is 7.96. The lowest BCUT2D eigenvalue weighted by Crippen LogP contribution is -2.17. The van der Waals surface area contributed by atoms with E-state index in [1.165, 1.54) is 25.7 Å². The number of aromatic nitrogens is 2. The summed E-state index contributed by atoms with van der Waals surface area (Å²) in [6.07, 6.45) is 10.3. The number of hydrogen-bond donors (Lipinski definition) is 1. The van der Waals surface area contributed by atoms with Crippen LogP contribution in [0, 0.1) is 5.92 Å². The van der Waals surface area contributed by atoms with Gasteiger partial charge in [0.25, 0.3) is 0 Å². The van der Waals surface area contributed by atoms with E-state index in [0.717, 1.165) is 18.2 Å². The van der Waals surface area contributed by atoms with E-state index >= 15 is 0 Å². The molecule has 0 aromatic carbocycles. The number of hydrogen-bond acceptors (Lipinski definition) is 1. The second-order valence-electron chi connectivity index (χ2n) is 3.87. The third-order valence-corrected chi connectivity index (χ3v) is 3.48. The van der Waals surface area contributed by atoms with E-state index in [4.69, 9.17) is 0 Å². The van der Waals surface area contributed by atoms with Crippen molar-refractivity contribution in [3.05, 3.63) is 18.2 Å². The van der Waals surface area contributed by atoms with Crippen LogP contribution in [0.5, 0.6) is 0 Å². The summed E-state index contributed by atoms with van der Waals surface area (Å²) in [5.74, 6) is 2.07. The topological polar surface area (TPSA) is 28.7 Å². The minimum absolute atomic E-state index is 0.601. The number of rotatable bonds is 4. The zero-order valence-corrected chi connectivity index (χ0v) is 9.26. The Morgan fingerprint density at radius 2 is 2.46 bits per heavy atom. The number of aromatic amines is 1. The highest BCUT2D eigenvalue weighted by atomic mass is 79.9. The molecule has 1 fully saturated rings. The third kappa shape index (κ3) is 2.56. The summed E-state index contributed by atoms with van der Waals surface area (Å²) in [5.41, 5.74) is 0. The average Bonchev–Trinajstić information content (AvgIpc) is 2.49. The molecule has 2 nitrogen and oxygen atoms in total. The fourth-order valence-electron chi connectivity index (χ4n) is 1.79. The van der Waals surface area contributed by atoms with Crippen molar-refractivity contribution in [2.24, 2.45) is 5.92 Å². The molecule has 0 amide bonds. The molecule has 1 aliphatic carbocycles. The van der Waals surface area contributed by atoms with Crippen molar-refractivity contribution in [1.29, 1.82) is 0 Å². The molecule has 0 radical (unpaired) electrons. The molecule has 72 valence electrons. The molecule has 1 aromatic heterocycles. The highest BCUT2D eigenvalue weighted by Gasteiger charge is 2.21. The van der Waals surface area contributed by atoms with Gasteiger partial charge in [-0.3, -0.25) is 0 Å². The van der Waals surface area contributed by atoms with Crippen LogP contribution in [0.25, 0.3) is 0 Å². The Morgan fingerprint density at radius 1 is 1.62 bits per heavy atom. The van der Waals surface area contributed by atoms with Crippen LogP contribution in [0.1, 0.15) is 31.5 Å². The van der Waals surface area contributed by atoms with Crippen LogP contribution < -0.4 is 0 Å². The van der Waals surface area contributed by atoms with Gasteiger partial charge >= 0.3 is 0 Å². The molecule has 2 rings (SSSR count). The van der Waals surface area contributed by atoms with Gasteiger partial charge in [-0.15, -0.1) is 0 Å². The first kappa shape index (κ1) is 9.25. The molecule has 0 bridgehead atoms. The number of imidazole rings is 1. The summed E-state index contributed by atoms with van der Waals surface area (Å²) in [6, 6.07) is 0. The minimum atomic E-state index is 0.601. The fourth-order valence-corrected chi connectivity index (χ4v) is 2.63. The molecular weight excluding hydrogens is 228 g/mol. The first-order valence-corrected chi connectivity index (χ1v) is 5.88. The number of H-pyrrole nitrogens is 1. The summed E-state index contributed by atoms with van der Waals surface area (Å²) in [7, 11) is 0. The predicted molar refractivity (Wildman–Crippen MR) is 57.0 cm³/mol. The Bertz CT molecular complexity index is 241. The summed E-state index contributed by atoms with van der Waals surface area (Å²) < 4.78 is 0. The van der Waals surface area contributed by atoms with E-state index in [9.17, 15) is 0 Å². The van der Waals surface area contributed by atoms with Crippen LogP contribution in [-0.2, 0) is 6.42 Å². The van der Waals surface area contributed by atoms with E-state index in [-0.39, 0.29) is 0 Å². The third-order valence-electron chi connectivity index (χ3n) is 2.78. The number of nitrogens with zero attached hydrogens (tertiary/aromatic N) is 1. The molecule has 1 heterocycles. The van der Waals surface area contributed by atoms with Crippen molar-refractivity contribution in [3.8, 4) is 0 Å². The second kappa shape index (κ2) is 4.27. The maximum Gasteiger partial charge on any atom is 0.107 e. The summed E-state index contributed by atoms with van der Waals surface area (Å²) in [5, 5.41) is 0. The van der Waals surface area contributed by atoms with Crippen LogP contribution in [-0.4, -0.2) is 14.8 Å². The van der Waals surface area contributed by atoms with E-state index in [1.54, 1.807) is 0 Å². The Labute approximate surface area is 87.3 Å². The van der Waals surface area contributed by atoms with Gasteiger partial charge in [0.1, 0.15) is 5.82 Å². The van der Waals surface area contributed by atoms with Gasteiger partial charge in [-0.2, -0.15) is 0 Å². The number of halogens is 1. The molecule has 3 heteroatoms. The van der Waals surface area contributed by atoms with Crippen LogP contribution in [0.2, 0.25) is 0 Å². The Hall–Kier alpha value is -0.310. The zero-order valence-electron chi connectivity index (χ0n) is 7.67. The highest BCUT2D eigenvalue weighted by Crippen LogP contribution is 2.32. The van der Waals surface area contributed by atoms with Crippen LogP contribution in [0.15, 0.2) is 12.4 Å². The lowest BCUT2D eigenvalue weighted by atomic mass is 9.82. The Morgan fingerprint density at radius 3 is 3.00 bits per heavy atom. The molecule has 1 unspecified atom stereocenters. The fraction of sp³-hybridized carbons (Fsp3) is 0.700. The molecule has 1 N–H and O–H groups in total. The number of alkyl halides is 1. The van der Waals surface area contributed by atoms with Crippen LogP contribution in [0.4, 0.5) is 0 Å². The van der Waals surface area contributed by atoms with Gasteiger partial charge in [0.15, 0.2) is 0 Å². The van der Waals surface area contributed by atoms with E-state index in [2.05, 4.69) is 25.9 Å². The van der Waals surface area contributed by atoms with Crippen molar-refractivity contribution in [2.75, 3.05) is 0 Å². The lowest BCUT2D eigenvalue weighted by Gasteiger charge is -2.27. The molecule has 0 saturated heterocycles. The van der Waals surface area contributed by atoms with Crippen LogP contribution in [0.3, 0.4) is 0 Å². The smallest absolute Gasteiger partial charge is 0.107 e. The maximum atomic E-state index is 4.22. The van der Waals surface area contributed by atoms with Gasteiger partial charge in [-0.25, -0.2) is 4.98 Å². The van der Waals surface area contributed by atoms with Crippen molar-refractivity contribution in [1.82, 2.24) is 9.97 Å². The summed E-state index contributed by atoms with van der Waals surface area (Å²) in [6.45, 7) is 0. The molecule has 1 aromatic rings. The normalized spacial score (nSPS) is 19.8. The highest BCUT2D eigenvalue weighted by molar-refractivity contribution is 9.09. The van der Waals surface area contributed by atoms with Crippen molar-refractivity contribution in [3.63, 3.8) is 0 Å². The van der Waals surface area contributed by atoms with Gasteiger partial charge < -0.3 is 4.98 Å². The van der Waals surface area contributed by atoms with Gasteiger partial charge in [0.05, 0.1) is 0 Å². The SMILES string of the molecule is BrC(Cc1ncc[nH]1)CC1CCC1. The summed E-state index contributed by atoms with van der Waals surface area (Å²) >= 11 is 3.71. The van der Waals surface area contributed by atoms with E-state index in [0.29, 0.717) is 4.83 Å². The zero-order chi connectivity index (χ0) is 9.10. The van der Waals surface area contributed by atoms with E-state index < -0.39 is 0 Å².